The van der Waals surface area contributed by atoms with Crippen molar-refractivity contribution < 1.29 is 0 Å². The van der Waals surface area contributed by atoms with Gasteiger partial charge in [0.1, 0.15) is 0 Å². The highest BCUT2D eigenvalue weighted by atomic mass is 15.0. The molecule has 0 spiro atoms. The zero-order valence-corrected chi connectivity index (χ0v) is 26.1. The van der Waals surface area contributed by atoms with Crippen LogP contribution in [0.3, 0.4) is 0 Å². The van der Waals surface area contributed by atoms with Gasteiger partial charge in [0.25, 0.3) is 0 Å². The molecule has 2 nitrogen and oxygen atoms in total. The standard InChI is InChI=1S/C45H32N2/c1-30-41(46-37-18-9-4-10-19-37)25-26-42-43(30)40-24-23-34-22-21-33-17-11-12-20-39(33)44(34)45(40)47(42)38-28-35(31-13-5-2-6-14-31)27-36(29-38)32-15-7-3-8-16-32/h2-29,46H,1H3. The predicted molar refractivity (Wildman–Crippen MR) is 201 cm³/mol. The van der Waals surface area contributed by atoms with Crippen molar-refractivity contribution in [3.8, 4) is 27.9 Å². The van der Waals surface area contributed by atoms with Gasteiger partial charge in [-0.3, -0.25) is 0 Å². The molecule has 0 aliphatic rings. The van der Waals surface area contributed by atoms with Crippen LogP contribution < -0.4 is 5.32 Å². The molecule has 0 saturated carbocycles. The largest absolute Gasteiger partial charge is 0.355 e. The normalized spacial score (nSPS) is 11.5. The molecule has 0 bridgehead atoms. The van der Waals surface area contributed by atoms with Crippen LogP contribution in [-0.4, -0.2) is 4.57 Å². The molecule has 2 heteroatoms. The van der Waals surface area contributed by atoms with E-state index in [1.54, 1.807) is 0 Å². The Hall–Kier alpha value is -6.12. The molecule has 0 fully saturated rings. The maximum Gasteiger partial charge on any atom is 0.0625 e. The van der Waals surface area contributed by atoms with Gasteiger partial charge in [-0.2, -0.15) is 0 Å². The first-order chi connectivity index (χ1) is 23.2. The first-order valence-corrected chi connectivity index (χ1v) is 16.2. The molecule has 8 aromatic carbocycles. The zero-order chi connectivity index (χ0) is 31.3. The average Bonchev–Trinajstić information content (AvgIpc) is 3.49. The summed E-state index contributed by atoms with van der Waals surface area (Å²) >= 11 is 0. The number of nitrogens with one attached hydrogen (secondary N) is 1. The van der Waals surface area contributed by atoms with Gasteiger partial charge in [-0.15, -0.1) is 0 Å². The average molecular weight is 601 g/mol. The molecule has 9 rings (SSSR count). The van der Waals surface area contributed by atoms with Gasteiger partial charge in [0, 0.05) is 33.2 Å². The molecule has 1 aromatic heterocycles. The second-order valence-corrected chi connectivity index (χ2v) is 12.3. The van der Waals surface area contributed by atoms with Crippen LogP contribution in [0.4, 0.5) is 11.4 Å². The van der Waals surface area contributed by atoms with E-state index < -0.39 is 0 Å². The van der Waals surface area contributed by atoms with Crippen molar-refractivity contribution in [2.45, 2.75) is 6.92 Å². The lowest BCUT2D eigenvalue weighted by Crippen LogP contribution is -1.98. The summed E-state index contributed by atoms with van der Waals surface area (Å²) in [4.78, 5) is 0. The van der Waals surface area contributed by atoms with Gasteiger partial charge in [0.2, 0.25) is 0 Å². The minimum atomic E-state index is 1.08. The molecule has 0 aliphatic carbocycles. The Labute approximate surface area is 274 Å². The number of nitrogens with zero attached hydrogens (tertiary/aromatic N) is 1. The van der Waals surface area contributed by atoms with Gasteiger partial charge in [0.15, 0.2) is 0 Å². The number of para-hydroxylation sites is 1. The zero-order valence-electron chi connectivity index (χ0n) is 26.1. The smallest absolute Gasteiger partial charge is 0.0625 e. The molecular weight excluding hydrogens is 569 g/mol. The highest BCUT2D eigenvalue weighted by Crippen LogP contribution is 2.43. The lowest BCUT2D eigenvalue weighted by molar-refractivity contribution is 1.19. The summed E-state index contributed by atoms with van der Waals surface area (Å²) in [5, 5.41) is 11.2. The van der Waals surface area contributed by atoms with E-state index in [0.717, 1.165) is 17.1 Å². The van der Waals surface area contributed by atoms with Crippen LogP contribution >= 0.6 is 0 Å². The molecule has 1 heterocycles. The predicted octanol–water partition coefficient (Wildman–Crippen LogP) is 12.5. The topological polar surface area (TPSA) is 17.0 Å². The number of hydrogen-bond acceptors (Lipinski definition) is 1. The maximum absolute atomic E-state index is 3.70. The van der Waals surface area contributed by atoms with Gasteiger partial charge < -0.3 is 9.88 Å². The van der Waals surface area contributed by atoms with Crippen molar-refractivity contribution in [1.82, 2.24) is 4.57 Å². The van der Waals surface area contributed by atoms with Gasteiger partial charge in [-0.05, 0) is 93.4 Å². The fourth-order valence-electron chi connectivity index (χ4n) is 7.27. The van der Waals surface area contributed by atoms with Gasteiger partial charge in [-0.1, -0.05) is 127 Å². The monoisotopic (exact) mass is 600 g/mol. The van der Waals surface area contributed by atoms with Crippen molar-refractivity contribution in [1.29, 1.82) is 0 Å². The van der Waals surface area contributed by atoms with Crippen LogP contribution in [0.5, 0.6) is 0 Å². The van der Waals surface area contributed by atoms with Crippen molar-refractivity contribution in [2.75, 3.05) is 5.32 Å². The number of hydrogen-bond donors (Lipinski definition) is 1. The van der Waals surface area contributed by atoms with E-state index in [1.165, 1.54) is 71.2 Å². The van der Waals surface area contributed by atoms with Crippen LogP contribution in [0.15, 0.2) is 170 Å². The summed E-state index contributed by atoms with van der Waals surface area (Å²) in [5.74, 6) is 0. The minimum absolute atomic E-state index is 1.08. The van der Waals surface area contributed by atoms with E-state index in [0.29, 0.717) is 0 Å². The van der Waals surface area contributed by atoms with Crippen molar-refractivity contribution in [3.05, 3.63) is 175 Å². The number of fused-ring (bicyclic) bond motifs is 7. The third-order valence-corrected chi connectivity index (χ3v) is 9.50. The molecular formula is C45H32N2. The Balaban J connectivity index is 1.42. The van der Waals surface area contributed by atoms with Crippen LogP contribution in [0.1, 0.15) is 5.56 Å². The van der Waals surface area contributed by atoms with Crippen LogP contribution in [0.25, 0.3) is 71.3 Å². The van der Waals surface area contributed by atoms with Gasteiger partial charge in [-0.25, -0.2) is 0 Å². The molecule has 0 amide bonds. The molecule has 0 atom stereocenters. The highest BCUT2D eigenvalue weighted by molar-refractivity contribution is 6.26. The second kappa shape index (κ2) is 11.0. The van der Waals surface area contributed by atoms with Gasteiger partial charge in [0.05, 0.1) is 11.0 Å². The molecule has 47 heavy (non-hydrogen) atoms. The number of anilines is 2. The number of rotatable bonds is 5. The van der Waals surface area contributed by atoms with Crippen LogP contribution in [0, 0.1) is 6.92 Å². The molecule has 9 aromatic rings. The first kappa shape index (κ1) is 27.2. The lowest BCUT2D eigenvalue weighted by atomic mass is 9.97. The summed E-state index contributed by atoms with van der Waals surface area (Å²) in [5.41, 5.74) is 11.8. The van der Waals surface area contributed by atoms with E-state index in [9.17, 15) is 0 Å². The first-order valence-electron chi connectivity index (χ1n) is 16.2. The Kier molecular flexibility index (Phi) is 6.39. The van der Waals surface area contributed by atoms with Crippen molar-refractivity contribution in [2.24, 2.45) is 0 Å². The van der Waals surface area contributed by atoms with Crippen molar-refractivity contribution in [3.63, 3.8) is 0 Å². The third-order valence-electron chi connectivity index (χ3n) is 9.50. The SMILES string of the molecule is Cc1c(Nc2ccccc2)ccc2c1c1ccc3ccc4ccccc4c3c1n2-c1cc(-c2ccccc2)cc(-c2ccccc2)c1. The minimum Gasteiger partial charge on any atom is -0.355 e. The fraction of sp³-hybridized carbons (Fsp3) is 0.0222. The molecule has 222 valence electrons. The summed E-state index contributed by atoms with van der Waals surface area (Å²) in [6, 6.07) is 61.4. The molecule has 0 aliphatic heterocycles. The van der Waals surface area contributed by atoms with Crippen LogP contribution in [0.2, 0.25) is 0 Å². The van der Waals surface area contributed by atoms with E-state index in [2.05, 4.69) is 187 Å². The summed E-state index contributed by atoms with van der Waals surface area (Å²) in [6.07, 6.45) is 0. The molecule has 0 unspecified atom stereocenters. The number of aromatic nitrogens is 1. The summed E-state index contributed by atoms with van der Waals surface area (Å²) < 4.78 is 2.51. The van der Waals surface area contributed by atoms with Crippen molar-refractivity contribution >= 4 is 54.7 Å². The maximum atomic E-state index is 3.70. The van der Waals surface area contributed by atoms with E-state index >= 15 is 0 Å². The summed E-state index contributed by atoms with van der Waals surface area (Å²) in [7, 11) is 0. The van der Waals surface area contributed by atoms with E-state index in [4.69, 9.17) is 0 Å². The number of aryl methyl sites for hydroxylation is 1. The molecule has 0 radical (unpaired) electrons. The van der Waals surface area contributed by atoms with Gasteiger partial charge >= 0.3 is 0 Å². The van der Waals surface area contributed by atoms with E-state index in [1.807, 2.05) is 0 Å². The quantitative estimate of drug-likeness (QED) is 0.194. The third kappa shape index (κ3) is 4.57. The fourth-order valence-corrected chi connectivity index (χ4v) is 7.27. The second-order valence-electron chi connectivity index (χ2n) is 12.3. The Morgan fingerprint density at radius 1 is 0.447 bits per heavy atom. The number of benzene rings is 8. The Morgan fingerprint density at radius 3 is 1.74 bits per heavy atom. The molecule has 1 N–H and O–H groups in total. The molecule has 0 saturated heterocycles. The Morgan fingerprint density at radius 2 is 1.04 bits per heavy atom. The lowest BCUT2D eigenvalue weighted by Gasteiger charge is -2.16. The highest BCUT2D eigenvalue weighted by Gasteiger charge is 2.20. The van der Waals surface area contributed by atoms with E-state index in [-0.39, 0.29) is 0 Å². The Bertz CT molecular complexity index is 2520. The summed E-state index contributed by atoms with van der Waals surface area (Å²) in [6.45, 7) is 2.25. The van der Waals surface area contributed by atoms with Crippen LogP contribution in [-0.2, 0) is 0 Å².